The maximum absolute atomic E-state index is 14.1. The summed E-state index contributed by atoms with van der Waals surface area (Å²) in [6.45, 7) is 4.52. The first-order valence-corrected chi connectivity index (χ1v) is 16.6. The third kappa shape index (κ3) is 8.98. The molecule has 2 atom stereocenters. The van der Waals surface area contributed by atoms with E-state index in [9.17, 15) is 36.6 Å². The van der Waals surface area contributed by atoms with E-state index in [1.54, 1.807) is 24.3 Å². The van der Waals surface area contributed by atoms with Gasteiger partial charge < -0.3 is 20.6 Å². The molecule has 0 radical (unpaired) electrons. The summed E-state index contributed by atoms with van der Waals surface area (Å²) in [6.07, 6.45) is -0.696. The molecule has 0 saturated heterocycles. The van der Waals surface area contributed by atoms with Gasteiger partial charge in [-0.05, 0) is 91.6 Å². The van der Waals surface area contributed by atoms with Crippen molar-refractivity contribution in [3.05, 3.63) is 106 Å². The molecule has 0 bridgehead atoms. The molecule has 2 aliphatic rings. The molecule has 1 saturated carbocycles. The van der Waals surface area contributed by atoms with Gasteiger partial charge in [-0.3, -0.25) is 9.59 Å². The summed E-state index contributed by atoms with van der Waals surface area (Å²) >= 11 is 0. The second-order valence-electron chi connectivity index (χ2n) is 13.0. The van der Waals surface area contributed by atoms with Gasteiger partial charge in [0, 0.05) is 41.9 Å². The summed E-state index contributed by atoms with van der Waals surface area (Å²) < 4.78 is 68.4. The number of carbonyl (C=O) groups excluding carboxylic acids is 2. The Balaban J connectivity index is 0.00000541. The molecule has 12 heteroatoms. The van der Waals surface area contributed by atoms with Gasteiger partial charge in [0.2, 0.25) is 0 Å². The van der Waals surface area contributed by atoms with Crippen molar-refractivity contribution >= 4 is 24.2 Å². The highest BCUT2D eigenvalue weighted by Gasteiger charge is 2.45. The summed E-state index contributed by atoms with van der Waals surface area (Å²) in [5.41, 5.74) is 0.426. The van der Waals surface area contributed by atoms with Crippen molar-refractivity contribution in [2.75, 3.05) is 13.1 Å². The van der Waals surface area contributed by atoms with Crippen molar-refractivity contribution < 1.29 is 36.6 Å². The predicted octanol–water partition coefficient (Wildman–Crippen LogP) is 7.35. The van der Waals surface area contributed by atoms with Gasteiger partial charge in [-0.1, -0.05) is 44.9 Å². The van der Waals surface area contributed by atoms with Gasteiger partial charge in [0.1, 0.15) is 11.6 Å². The van der Waals surface area contributed by atoms with E-state index in [2.05, 4.69) is 24.5 Å². The van der Waals surface area contributed by atoms with Crippen molar-refractivity contribution in [3.63, 3.8) is 0 Å². The summed E-state index contributed by atoms with van der Waals surface area (Å²) in [5.74, 6) is -2.30. The van der Waals surface area contributed by atoms with E-state index in [0.717, 1.165) is 56.0 Å². The van der Waals surface area contributed by atoms with Gasteiger partial charge in [-0.2, -0.15) is 13.2 Å². The molecule has 6 nitrogen and oxygen atoms in total. The smallest absolute Gasteiger partial charge is 0.390 e. The first-order valence-electron chi connectivity index (χ1n) is 16.6. The molecule has 1 aliphatic carbocycles. The fraction of sp³-hybridized carbons (Fsp3) is 0.459. The summed E-state index contributed by atoms with van der Waals surface area (Å²) in [7, 11) is 0. The molecule has 3 N–H and O–H groups in total. The van der Waals surface area contributed by atoms with Crippen molar-refractivity contribution in [2.45, 2.75) is 95.1 Å². The third-order valence-electron chi connectivity index (χ3n) is 9.50. The fourth-order valence-electron chi connectivity index (χ4n) is 6.87. The number of aliphatic hydroxyl groups is 1. The minimum atomic E-state index is -4.51. The summed E-state index contributed by atoms with van der Waals surface area (Å²) in [5, 5.41) is 17.4. The van der Waals surface area contributed by atoms with Crippen molar-refractivity contribution in [2.24, 2.45) is 0 Å². The maximum atomic E-state index is 14.1. The van der Waals surface area contributed by atoms with E-state index in [4.69, 9.17) is 0 Å². The zero-order valence-electron chi connectivity index (χ0n) is 27.6. The number of nitrogens with zero attached hydrogens (tertiary/aromatic N) is 1. The Kier molecular flexibility index (Phi) is 12.5. The Hall–Kier alpha value is -3.54. The number of rotatable bonds is 14. The van der Waals surface area contributed by atoms with Crippen molar-refractivity contribution in [1.82, 2.24) is 15.5 Å². The van der Waals surface area contributed by atoms with Gasteiger partial charge >= 0.3 is 6.18 Å². The number of aliphatic hydroxyl groups excluding tert-OH is 1. The van der Waals surface area contributed by atoms with E-state index in [-0.39, 0.29) is 48.4 Å². The summed E-state index contributed by atoms with van der Waals surface area (Å²) in [4.78, 5) is 29.3. The van der Waals surface area contributed by atoms with Gasteiger partial charge in [0.05, 0.1) is 17.7 Å². The van der Waals surface area contributed by atoms with Crippen LogP contribution in [0.1, 0.15) is 95.3 Å². The van der Waals surface area contributed by atoms with E-state index in [0.29, 0.717) is 42.5 Å². The van der Waals surface area contributed by atoms with Crippen LogP contribution in [0.4, 0.5) is 22.0 Å². The Labute approximate surface area is 289 Å². The van der Waals surface area contributed by atoms with Crippen molar-refractivity contribution in [3.8, 4) is 0 Å². The second kappa shape index (κ2) is 16.0. The first kappa shape index (κ1) is 38.3. The Morgan fingerprint density at radius 1 is 0.980 bits per heavy atom. The summed E-state index contributed by atoms with van der Waals surface area (Å²) in [6, 6.07) is 12.1. The number of halogens is 6. The number of alkyl halides is 3. The van der Waals surface area contributed by atoms with Crippen molar-refractivity contribution in [1.29, 1.82) is 0 Å². The molecule has 3 aromatic carbocycles. The third-order valence-corrected chi connectivity index (χ3v) is 9.50. The van der Waals surface area contributed by atoms with Crippen LogP contribution in [0.25, 0.3) is 0 Å². The van der Waals surface area contributed by atoms with Gasteiger partial charge in [0.15, 0.2) is 0 Å². The average Bonchev–Trinajstić information content (AvgIpc) is 3.84. The van der Waals surface area contributed by atoms with E-state index in [1.807, 2.05) is 4.90 Å². The van der Waals surface area contributed by atoms with E-state index in [1.165, 1.54) is 6.07 Å². The number of carbonyl (C=O) groups is 2. The maximum Gasteiger partial charge on any atom is 0.416 e. The lowest BCUT2D eigenvalue weighted by Crippen LogP contribution is -2.50. The number of hydrogen-bond acceptors (Lipinski definition) is 4. The molecule has 3 aromatic rings. The molecule has 1 heterocycles. The molecule has 2 amide bonds. The Bertz CT molecular complexity index is 1600. The zero-order chi connectivity index (χ0) is 34.6. The standard InChI is InChI=1S/C37H42F5N3O3.ClH/c1-3-7-28(8-4-2)45-16-13-29-30(11-6-12-31(29)35(45)48)34(47)44-32(19-23-17-26(38)21-27(39)18-23)33(46)22-43-36(14-15-36)24-9-5-10-25(20-24)37(40,41)42;/h5-6,9-12,17-18,20-21,28,32-33,43,46H,3-4,7-8,13-16,19,22H2,1-2H3,(H,44,47);1H/t32-,33+;/m0./s1. The highest BCUT2D eigenvalue weighted by atomic mass is 35.5. The Morgan fingerprint density at radius 3 is 2.24 bits per heavy atom. The van der Waals surface area contributed by atoms with Gasteiger partial charge in [-0.15, -0.1) is 12.4 Å². The Morgan fingerprint density at radius 2 is 1.63 bits per heavy atom. The highest BCUT2D eigenvalue weighted by Crippen LogP contribution is 2.46. The normalized spacial score (nSPS) is 16.5. The fourth-order valence-corrected chi connectivity index (χ4v) is 6.87. The predicted molar refractivity (Wildman–Crippen MR) is 180 cm³/mol. The van der Waals surface area contributed by atoms with Crippen LogP contribution >= 0.6 is 12.4 Å². The highest BCUT2D eigenvalue weighted by molar-refractivity contribution is 6.03. The van der Waals surface area contributed by atoms with Crippen LogP contribution < -0.4 is 10.6 Å². The number of hydrogen-bond donors (Lipinski definition) is 3. The molecule has 5 rings (SSSR count). The van der Waals surface area contributed by atoms with E-state index >= 15 is 0 Å². The monoisotopic (exact) mass is 707 g/mol. The molecule has 1 aliphatic heterocycles. The van der Waals surface area contributed by atoms with Gasteiger partial charge in [0.25, 0.3) is 11.8 Å². The molecule has 0 aromatic heterocycles. The molecule has 0 unspecified atom stereocenters. The van der Waals surface area contributed by atoms with Crippen LogP contribution in [0.5, 0.6) is 0 Å². The number of fused-ring (bicyclic) bond motifs is 1. The topological polar surface area (TPSA) is 81.7 Å². The molecule has 0 spiro atoms. The number of amides is 2. The van der Waals surface area contributed by atoms with Crippen LogP contribution in [0.15, 0.2) is 60.7 Å². The lowest BCUT2D eigenvalue weighted by molar-refractivity contribution is -0.137. The minimum Gasteiger partial charge on any atom is -0.390 e. The van der Waals surface area contributed by atoms with E-state index < -0.39 is 47.0 Å². The average molecular weight is 708 g/mol. The second-order valence-corrected chi connectivity index (χ2v) is 13.0. The zero-order valence-corrected chi connectivity index (χ0v) is 28.4. The van der Waals surface area contributed by atoms with Crippen LogP contribution in [0.3, 0.4) is 0 Å². The molecule has 1 fully saturated rings. The number of benzene rings is 3. The molecular weight excluding hydrogens is 665 g/mol. The largest absolute Gasteiger partial charge is 0.416 e. The molecule has 266 valence electrons. The van der Waals surface area contributed by atoms with Crippen LogP contribution in [-0.4, -0.2) is 53.1 Å². The van der Waals surface area contributed by atoms with Crippen LogP contribution in [0, 0.1) is 11.6 Å². The molecule has 49 heavy (non-hydrogen) atoms. The first-order chi connectivity index (χ1) is 22.8. The SMILES string of the molecule is CCCC(CCC)N1CCc2c(C(=O)N[C@@H](Cc3cc(F)cc(F)c3)[C@H](O)CNC3(c4cccc(C(F)(F)F)c4)CC3)cccc2C1=O.Cl. The minimum absolute atomic E-state index is 0. The lowest BCUT2D eigenvalue weighted by atomic mass is 9.91. The van der Waals surface area contributed by atoms with Crippen LogP contribution in [-0.2, 0) is 24.6 Å². The number of nitrogens with one attached hydrogen (secondary N) is 2. The molecular formula is C37H43ClF5N3O3. The quantitative estimate of drug-likeness (QED) is 0.153. The lowest BCUT2D eigenvalue weighted by Gasteiger charge is -2.36. The van der Waals surface area contributed by atoms with Gasteiger partial charge in [-0.25, -0.2) is 8.78 Å². The van der Waals surface area contributed by atoms with Crippen LogP contribution in [0.2, 0.25) is 0 Å².